The SMILES string of the molecule is OCC1(NC2CCCC2)Cc2ccccc2C1. The summed E-state index contributed by atoms with van der Waals surface area (Å²) in [7, 11) is 0. The van der Waals surface area contributed by atoms with Gasteiger partial charge in [0.1, 0.15) is 0 Å². The second-order valence-corrected chi connectivity index (χ2v) is 5.69. The molecule has 0 saturated heterocycles. The van der Waals surface area contributed by atoms with Crippen molar-refractivity contribution in [2.75, 3.05) is 6.61 Å². The van der Waals surface area contributed by atoms with E-state index in [0.29, 0.717) is 6.04 Å². The van der Waals surface area contributed by atoms with Crippen LogP contribution in [0.2, 0.25) is 0 Å². The van der Waals surface area contributed by atoms with Crippen LogP contribution in [0, 0.1) is 0 Å². The van der Waals surface area contributed by atoms with E-state index in [9.17, 15) is 5.11 Å². The third-order valence-electron chi connectivity index (χ3n) is 4.34. The number of benzene rings is 1. The predicted molar refractivity (Wildman–Crippen MR) is 69.1 cm³/mol. The van der Waals surface area contributed by atoms with E-state index in [1.807, 2.05) is 0 Å². The van der Waals surface area contributed by atoms with Crippen LogP contribution < -0.4 is 5.32 Å². The normalized spacial score (nSPS) is 22.9. The Bertz CT molecular complexity index is 371. The molecule has 0 amide bonds. The second kappa shape index (κ2) is 4.43. The van der Waals surface area contributed by atoms with Crippen molar-refractivity contribution in [3.8, 4) is 0 Å². The average molecular weight is 231 g/mol. The fourth-order valence-corrected chi connectivity index (χ4v) is 3.46. The fraction of sp³-hybridized carbons (Fsp3) is 0.600. The number of fused-ring (bicyclic) bond motifs is 1. The largest absolute Gasteiger partial charge is 0.394 e. The minimum atomic E-state index is -0.0846. The molecule has 2 aliphatic carbocycles. The maximum atomic E-state index is 9.79. The highest BCUT2D eigenvalue weighted by Crippen LogP contribution is 2.32. The van der Waals surface area contributed by atoms with Crippen molar-refractivity contribution in [2.45, 2.75) is 50.1 Å². The zero-order chi connectivity index (χ0) is 11.7. The van der Waals surface area contributed by atoms with E-state index in [1.54, 1.807) is 0 Å². The van der Waals surface area contributed by atoms with Gasteiger partial charge in [-0.1, -0.05) is 37.1 Å². The lowest BCUT2D eigenvalue weighted by Gasteiger charge is -2.32. The first kappa shape index (κ1) is 11.2. The number of hydrogen-bond donors (Lipinski definition) is 2. The van der Waals surface area contributed by atoms with E-state index in [4.69, 9.17) is 0 Å². The number of rotatable bonds is 3. The van der Waals surface area contributed by atoms with Gasteiger partial charge in [-0.25, -0.2) is 0 Å². The molecule has 3 rings (SSSR count). The molecule has 0 radical (unpaired) electrons. The summed E-state index contributed by atoms with van der Waals surface area (Å²) in [5.74, 6) is 0. The smallest absolute Gasteiger partial charge is 0.0619 e. The Morgan fingerprint density at radius 2 is 1.71 bits per heavy atom. The summed E-state index contributed by atoms with van der Waals surface area (Å²) < 4.78 is 0. The summed E-state index contributed by atoms with van der Waals surface area (Å²) in [6.07, 6.45) is 7.20. The molecule has 17 heavy (non-hydrogen) atoms. The molecule has 0 bridgehead atoms. The van der Waals surface area contributed by atoms with Crippen LogP contribution in [0.5, 0.6) is 0 Å². The number of aliphatic hydroxyl groups excluding tert-OH is 1. The maximum Gasteiger partial charge on any atom is 0.0619 e. The zero-order valence-electron chi connectivity index (χ0n) is 10.3. The molecule has 0 spiro atoms. The molecule has 0 heterocycles. The quantitative estimate of drug-likeness (QED) is 0.834. The summed E-state index contributed by atoms with van der Waals surface area (Å²) in [6, 6.07) is 9.21. The van der Waals surface area contributed by atoms with Crippen molar-refractivity contribution in [3.05, 3.63) is 35.4 Å². The predicted octanol–water partition coefficient (Wildman–Crippen LogP) is 2.05. The van der Waals surface area contributed by atoms with Crippen LogP contribution in [0.3, 0.4) is 0 Å². The van der Waals surface area contributed by atoms with Crippen molar-refractivity contribution >= 4 is 0 Å². The van der Waals surface area contributed by atoms with Crippen LogP contribution in [0.1, 0.15) is 36.8 Å². The Morgan fingerprint density at radius 3 is 2.24 bits per heavy atom. The van der Waals surface area contributed by atoms with E-state index in [1.165, 1.54) is 36.8 Å². The molecule has 0 unspecified atom stereocenters. The van der Waals surface area contributed by atoms with Gasteiger partial charge < -0.3 is 10.4 Å². The lowest BCUT2D eigenvalue weighted by atomic mass is 9.95. The Kier molecular flexibility index (Phi) is 2.93. The third kappa shape index (κ3) is 2.12. The zero-order valence-corrected chi connectivity index (χ0v) is 10.3. The Morgan fingerprint density at radius 1 is 1.12 bits per heavy atom. The van der Waals surface area contributed by atoms with E-state index < -0.39 is 0 Å². The van der Waals surface area contributed by atoms with E-state index in [-0.39, 0.29) is 12.1 Å². The lowest BCUT2D eigenvalue weighted by molar-refractivity contribution is 0.154. The highest BCUT2D eigenvalue weighted by atomic mass is 16.3. The highest BCUT2D eigenvalue weighted by Gasteiger charge is 2.38. The summed E-state index contributed by atoms with van der Waals surface area (Å²) in [4.78, 5) is 0. The summed E-state index contributed by atoms with van der Waals surface area (Å²) in [6.45, 7) is 0.248. The van der Waals surface area contributed by atoms with Crippen molar-refractivity contribution in [1.29, 1.82) is 0 Å². The number of nitrogens with one attached hydrogen (secondary N) is 1. The van der Waals surface area contributed by atoms with Crippen LogP contribution in [-0.4, -0.2) is 23.3 Å². The van der Waals surface area contributed by atoms with Crippen LogP contribution in [0.15, 0.2) is 24.3 Å². The molecule has 92 valence electrons. The van der Waals surface area contributed by atoms with Gasteiger partial charge in [-0.3, -0.25) is 0 Å². The van der Waals surface area contributed by atoms with Crippen LogP contribution in [-0.2, 0) is 12.8 Å². The van der Waals surface area contributed by atoms with E-state index >= 15 is 0 Å². The van der Waals surface area contributed by atoms with Gasteiger partial charge in [0.15, 0.2) is 0 Å². The Labute approximate surface area is 103 Å². The maximum absolute atomic E-state index is 9.79. The van der Waals surface area contributed by atoms with Crippen LogP contribution in [0.25, 0.3) is 0 Å². The molecule has 1 aromatic rings. The Hall–Kier alpha value is -0.860. The highest BCUT2D eigenvalue weighted by molar-refractivity contribution is 5.36. The molecule has 2 N–H and O–H groups in total. The van der Waals surface area contributed by atoms with Crippen LogP contribution >= 0.6 is 0 Å². The first-order valence-electron chi connectivity index (χ1n) is 6.77. The topological polar surface area (TPSA) is 32.3 Å². The molecular weight excluding hydrogens is 210 g/mol. The number of hydrogen-bond acceptors (Lipinski definition) is 2. The minimum absolute atomic E-state index is 0.0846. The van der Waals surface area contributed by atoms with Gasteiger partial charge in [0, 0.05) is 11.6 Å². The molecule has 2 heteroatoms. The fourth-order valence-electron chi connectivity index (χ4n) is 3.46. The summed E-state index contributed by atoms with van der Waals surface area (Å²) in [5.41, 5.74) is 2.73. The molecule has 2 aliphatic rings. The molecule has 0 atom stereocenters. The molecule has 0 aliphatic heterocycles. The molecule has 1 aromatic carbocycles. The molecule has 1 saturated carbocycles. The molecule has 1 fully saturated rings. The summed E-state index contributed by atoms with van der Waals surface area (Å²) in [5, 5.41) is 13.5. The van der Waals surface area contributed by atoms with Crippen molar-refractivity contribution < 1.29 is 5.11 Å². The third-order valence-corrected chi connectivity index (χ3v) is 4.34. The van der Waals surface area contributed by atoms with Crippen molar-refractivity contribution in [1.82, 2.24) is 5.32 Å². The van der Waals surface area contributed by atoms with Gasteiger partial charge in [-0.2, -0.15) is 0 Å². The van der Waals surface area contributed by atoms with Crippen molar-refractivity contribution in [2.24, 2.45) is 0 Å². The first-order valence-corrected chi connectivity index (χ1v) is 6.77. The van der Waals surface area contributed by atoms with Gasteiger partial charge in [0.05, 0.1) is 6.61 Å². The van der Waals surface area contributed by atoms with Crippen molar-refractivity contribution in [3.63, 3.8) is 0 Å². The summed E-state index contributed by atoms with van der Waals surface area (Å²) >= 11 is 0. The van der Waals surface area contributed by atoms with Gasteiger partial charge in [0.2, 0.25) is 0 Å². The lowest BCUT2D eigenvalue weighted by Crippen LogP contribution is -2.53. The van der Waals surface area contributed by atoms with Gasteiger partial charge in [-0.15, -0.1) is 0 Å². The second-order valence-electron chi connectivity index (χ2n) is 5.69. The average Bonchev–Trinajstić information content (AvgIpc) is 2.96. The minimum Gasteiger partial charge on any atom is -0.394 e. The molecule has 2 nitrogen and oxygen atoms in total. The molecule has 0 aromatic heterocycles. The van der Waals surface area contributed by atoms with Crippen LogP contribution in [0.4, 0.5) is 0 Å². The Balaban J connectivity index is 1.77. The number of aliphatic hydroxyl groups is 1. The van der Waals surface area contributed by atoms with Gasteiger partial charge >= 0.3 is 0 Å². The molecular formula is C15H21NO. The van der Waals surface area contributed by atoms with Gasteiger partial charge in [0.25, 0.3) is 0 Å². The monoisotopic (exact) mass is 231 g/mol. The van der Waals surface area contributed by atoms with Gasteiger partial charge in [-0.05, 0) is 36.8 Å². The van der Waals surface area contributed by atoms with E-state index in [0.717, 1.165) is 12.8 Å². The standard InChI is InChI=1S/C15H21NO/c17-11-15(16-14-7-3-4-8-14)9-12-5-1-2-6-13(12)10-15/h1-2,5-6,14,16-17H,3-4,7-11H2. The van der Waals surface area contributed by atoms with E-state index in [2.05, 4.69) is 29.6 Å². The first-order chi connectivity index (χ1) is 8.31.